The molecule has 0 bridgehead atoms. The van der Waals surface area contributed by atoms with E-state index in [4.69, 9.17) is 9.47 Å². The maximum Gasteiger partial charge on any atom is 0.323 e. The predicted octanol–water partition coefficient (Wildman–Crippen LogP) is 4.98. The van der Waals surface area contributed by atoms with Crippen molar-refractivity contribution >= 4 is 29.4 Å². The first-order chi connectivity index (χ1) is 17.0. The first-order valence-corrected chi connectivity index (χ1v) is 12.4. The van der Waals surface area contributed by atoms with E-state index in [2.05, 4.69) is 10.6 Å². The number of hydrogen-bond donors (Lipinski definition) is 2. The number of hydrogen-bond acceptors (Lipinski definition) is 5. The highest BCUT2D eigenvalue weighted by Gasteiger charge is 2.43. The number of benzene rings is 3. The Kier molecular flexibility index (Phi) is 7.82. The molecule has 1 fully saturated rings. The van der Waals surface area contributed by atoms with Gasteiger partial charge < -0.3 is 20.1 Å². The monoisotopic (exact) mass is 491 g/mol. The SMILES string of the molecule is COc1cccc(CNC(=O)[C@H]2CS[C@@H](c3ccccc3C)N2C(=O)Nc2ccccc2OC)c1. The number of methoxy groups -OCH3 is 2. The molecule has 8 heteroatoms. The number of para-hydroxylation sites is 2. The fraction of sp³-hybridized carbons (Fsp3) is 0.259. The molecule has 1 saturated heterocycles. The van der Waals surface area contributed by atoms with Gasteiger partial charge in [0.2, 0.25) is 5.91 Å². The summed E-state index contributed by atoms with van der Waals surface area (Å²) in [4.78, 5) is 28.6. The summed E-state index contributed by atoms with van der Waals surface area (Å²) in [5, 5.41) is 5.65. The molecule has 35 heavy (non-hydrogen) atoms. The first-order valence-electron chi connectivity index (χ1n) is 11.3. The van der Waals surface area contributed by atoms with Gasteiger partial charge in [0.05, 0.1) is 19.9 Å². The Morgan fingerprint density at radius 3 is 2.54 bits per heavy atom. The Morgan fingerprint density at radius 2 is 1.77 bits per heavy atom. The van der Waals surface area contributed by atoms with Crippen molar-refractivity contribution in [3.05, 3.63) is 89.5 Å². The maximum absolute atomic E-state index is 13.6. The molecule has 0 saturated carbocycles. The lowest BCUT2D eigenvalue weighted by molar-refractivity contribution is -0.124. The zero-order valence-corrected chi connectivity index (χ0v) is 20.8. The number of aryl methyl sites for hydroxylation is 1. The van der Waals surface area contributed by atoms with Gasteiger partial charge in [-0.3, -0.25) is 9.69 Å². The molecule has 2 atom stereocenters. The summed E-state index contributed by atoms with van der Waals surface area (Å²) in [6, 6.07) is 21.7. The molecule has 0 radical (unpaired) electrons. The quantitative estimate of drug-likeness (QED) is 0.488. The predicted molar refractivity (Wildman–Crippen MR) is 139 cm³/mol. The highest BCUT2D eigenvalue weighted by Crippen LogP contribution is 2.43. The van der Waals surface area contributed by atoms with Crippen LogP contribution in [0.15, 0.2) is 72.8 Å². The molecule has 0 unspecified atom stereocenters. The van der Waals surface area contributed by atoms with Crippen molar-refractivity contribution in [2.75, 3.05) is 25.3 Å². The molecule has 4 rings (SSSR count). The van der Waals surface area contributed by atoms with Gasteiger partial charge in [-0.2, -0.15) is 0 Å². The number of anilines is 1. The van der Waals surface area contributed by atoms with Crippen LogP contribution in [0.1, 0.15) is 22.1 Å². The van der Waals surface area contributed by atoms with Gasteiger partial charge in [0, 0.05) is 12.3 Å². The van der Waals surface area contributed by atoms with Gasteiger partial charge in [-0.25, -0.2) is 4.79 Å². The normalized spacial score (nSPS) is 17.1. The van der Waals surface area contributed by atoms with Gasteiger partial charge in [0.25, 0.3) is 0 Å². The van der Waals surface area contributed by atoms with Crippen LogP contribution in [0.4, 0.5) is 10.5 Å². The summed E-state index contributed by atoms with van der Waals surface area (Å²) in [6.07, 6.45) is 0. The van der Waals surface area contributed by atoms with Gasteiger partial charge in [0.15, 0.2) is 0 Å². The molecule has 3 amide bonds. The Hall–Kier alpha value is -3.65. The van der Waals surface area contributed by atoms with Crippen LogP contribution in [0.25, 0.3) is 0 Å². The van der Waals surface area contributed by atoms with Crippen molar-refractivity contribution in [3.63, 3.8) is 0 Å². The molecule has 0 aliphatic carbocycles. The second kappa shape index (κ2) is 11.2. The van der Waals surface area contributed by atoms with Crippen LogP contribution in [0.5, 0.6) is 11.5 Å². The third-order valence-corrected chi connectivity index (χ3v) is 7.25. The Bertz CT molecular complexity index is 1200. The molecular formula is C27H29N3O4S. The van der Waals surface area contributed by atoms with Crippen LogP contribution in [0.3, 0.4) is 0 Å². The maximum atomic E-state index is 13.6. The van der Waals surface area contributed by atoms with E-state index in [1.54, 1.807) is 43.0 Å². The summed E-state index contributed by atoms with van der Waals surface area (Å²) in [5.41, 5.74) is 3.55. The highest BCUT2D eigenvalue weighted by atomic mass is 32.2. The van der Waals surface area contributed by atoms with Crippen LogP contribution in [-0.4, -0.2) is 42.9 Å². The molecule has 1 aliphatic heterocycles. The highest BCUT2D eigenvalue weighted by molar-refractivity contribution is 7.99. The number of amides is 3. The van der Waals surface area contributed by atoms with Crippen molar-refractivity contribution in [1.82, 2.24) is 10.2 Å². The molecule has 1 heterocycles. The fourth-order valence-electron chi connectivity index (χ4n) is 4.08. The molecule has 3 aromatic rings. The number of nitrogens with one attached hydrogen (secondary N) is 2. The summed E-state index contributed by atoms with van der Waals surface area (Å²) in [6.45, 7) is 2.36. The molecule has 2 N–H and O–H groups in total. The van der Waals surface area contributed by atoms with E-state index in [1.807, 2.05) is 67.6 Å². The smallest absolute Gasteiger partial charge is 0.323 e. The van der Waals surface area contributed by atoms with Crippen molar-refractivity contribution in [2.24, 2.45) is 0 Å². The van der Waals surface area contributed by atoms with Gasteiger partial charge in [-0.05, 0) is 47.9 Å². The van der Waals surface area contributed by atoms with E-state index in [1.165, 1.54) is 0 Å². The summed E-state index contributed by atoms with van der Waals surface area (Å²) in [7, 11) is 3.17. The van der Waals surface area contributed by atoms with Gasteiger partial charge in [0.1, 0.15) is 22.9 Å². The fourth-order valence-corrected chi connectivity index (χ4v) is 5.60. The standard InChI is InChI=1S/C27H29N3O4S/c1-18-9-4-5-12-21(18)26-30(27(32)29-22-13-6-7-14-24(22)34-3)23(17-35-26)25(31)28-16-19-10-8-11-20(15-19)33-2/h4-15,23,26H,16-17H2,1-3H3,(H,28,31)(H,29,32)/t23-,26+/m1/s1. The van der Waals surface area contributed by atoms with E-state index in [9.17, 15) is 9.59 Å². The Balaban J connectivity index is 1.58. The summed E-state index contributed by atoms with van der Waals surface area (Å²) in [5.74, 6) is 1.57. The van der Waals surface area contributed by atoms with E-state index in [0.717, 1.165) is 22.4 Å². The minimum absolute atomic E-state index is 0.202. The topological polar surface area (TPSA) is 79.9 Å². The zero-order chi connectivity index (χ0) is 24.8. The number of rotatable bonds is 7. The molecule has 182 valence electrons. The molecule has 1 aliphatic rings. The molecule has 3 aromatic carbocycles. The van der Waals surface area contributed by atoms with Gasteiger partial charge in [-0.1, -0.05) is 48.5 Å². The Morgan fingerprint density at radius 1 is 1.00 bits per heavy atom. The number of thioether (sulfide) groups is 1. The van der Waals surface area contributed by atoms with Crippen molar-refractivity contribution < 1.29 is 19.1 Å². The summed E-state index contributed by atoms with van der Waals surface area (Å²) >= 11 is 1.58. The van der Waals surface area contributed by atoms with Crippen LogP contribution in [-0.2, 0) is 11.3 Å². The third-order valence-electron chi connectivity index (χ3n) is 5.94. The number of carbonyl (C=O) groups is 2. The molecular weight excluding hydrogens is 462 g/mol. The van der Waals surface area contributed by atoms with Crippen LogP contribution < -0.4 is 20.1 Å². The number of carbonyl (C=O) groups excluding carboxylic acids is 2. The molecule has 7 nitrogen and oxygen atoms in total. The molecule has 0 aromatic heterocycles. The van der Waals surface area contributed by atoms with Gasteiger partial charge in [-0.15, -0.1) is 11.8 Å². The lowest BCUT2D eigenvalue weighted by Crippen LogP contribution is -2.49. The average molecular weight is 492 g/mol. The summed E-state index contributed by atoms with van der Waals surface area (Å²) < 4.78 is 10.7. The largest absolute Gasteiger partial charge is 0.497 e. The van der Waals surface area contributed by atoms with Crippen molar-refractivity contribution in [3.8, 4) is 11.5 Å². The second-order valence-electron chi connectivity index (χ2n) is 8.17. The lowest BCUT2D eigenvalue weighted by Gasteiger charge is -2.30. The number of ether oxygens (including phenoxy) is 2. The van der Waals surface area contributed by atoms with Crippen LogP contribution >= 0.6 is 11.8 Å². The van der Waals surface area contributed by atoms with Crippen molar-refractivity contribution in [1.29, 1.82) is 0 Å². The second-order valence-corrected chi connectivity index (χ2v) is 9.28. The van der Waals surface area contributed by atoms with Gasteiger partial charge >= 0.3 is 6.03 Å². The van der Waals surface area contributed by atoms with E-state index in [0.29, 0.717) is 23.7 Å². The first kappa shape index (κ1) is 24.5. The van der Waals surface area contributed by atoms with Crippen LogP contribution in [0.2, 0.25) is 0 Å². The third kappa shape index (κ3) is 5.54. The minimum Gasteiger partial charge on any atom is -0.497 e. The van der Waals surface area contributed by atoms with Crippen LogP contribution in [0, 0.1) is 6.92 Å². The van der Waals surface area contributed by atoms with E-state index in [-0.39, 0.29) is 17.3 Å². The number of urea groups is 1. The zero-order valence-electron chi connectivity index (χ0n) is 20.0. The molecule has 0 spiro atoms. The van der Waals surface area contributed by atoms with E-state index >= 15 is 0 Å². The Labute approximate surface area is 209 Å². The number of nitrogens with zero attached hydrogens (tertiary/aromatic N) is 1. The lowest BCUT2D eigenvalue weighted by atomic mass is 10.1. The van der Waals surface area contributed by atoms with E-state index < -0.39 is 6.04 Å². The van der Waals surface area contributed by atoms with Crippen molar-refractivity contribution in [2.45, 2.75) is 24.9 Å². The average Bonchev–Trinajstić information content (AvgIpc) is 3.33. The minimum atomic E-state index is -0.634.